The summed E-state index contributed by atoms with van der Waals surface area (Å²) < 4.78 is 0. The molecule has 0 atom stereocenters. The number of hydrogen-bond acceptors (Lipinski definition) is 12. The number of carboxylic acid groups (broad SMARTS) is 9. The Bertz CT molecular complexity index is 2740. The molecule has 18 nitrogen and oxygen atoms in total. The predicted octanol–water partition coefficient (Wildman–Crippen LogP) is 23.3. The van der Waals surface area contributed by atoms with Crippen LogP contribution in [0.2, 0.25) is 0 Å². The zero-order valence-electron chi connectivity index (χ0n) is 73.3. The summed E-state index contributed by atoms with van der Waals surface area (Å²) in [5.41, 5.74) is 7.24. The van der Waals surface area contributed by atoms with Crippen LogP contribution in [-0.4, -0.2) is 102 Å². The molecule has 3 aromatic carbocycles. The van der Waals surface area contributed by atoms with Crippen molar-refractivity contribution in [3.8, 4) is 0 Å². The van der Waals surface area contributed by atoms with Crippen LogP contribution in [0.4, 0.5) is 0 Å². The van der Waals surface area contributed by atoms with Gasteiger partial charge in [0.2, 0.25) is 0 Å². The first-order valence-electron chi connectivity index (χ1n) is 47.0. The maximum Gasteiger partial charge on any atom is 3.00 e. The van der Waals surface area contributed by atoms with E-state index in [2.05, 4.69) is 18.2 Å². The fourth-order valence-electron chi connectivity index (χ4n) is 16.1. The van der Waals surface area contributed by atoms with E-state index in [4.69, 9.17) is 30.6 Å². The number of carboxylic acids is 9. The number of aryl methyl sites for hydroxylation is 3. The summed E-state index contributed by atoms with van der Waals surface area (Å²) in [6.45, 7) is 0. The Morgan fingerprint density at radius 1 is 0.178 bits per heavy atom. The summed E-state index contributed by atoms with van der Waals surface area (Å²) >= 11 is 0. The predicted molar refractivity (Wildman–Crippen MR) is 471 cm³/mol. The number of unbranched alkanes of at least 4 members (excludes halogenated alkanes) is 54. The van der Waals surface area contributed by atoms with Crippen molar-refractivity contribution in [3.05, 3.63) is 105 Å². The van der Waals surface area contributed by atoms with Gasteiger partial charge in [-0.15, -0.1) is 0 Å². The van der Waals surface area contributed by atoms with Gasteiger partial charge in [0.1, 0.15) is 0 Å². The summed E-state index contributed by atoms with van der Waals surface area (Å²) in [5, 5.41) is 87.1. The van der Waals surface area contributed by atoms with Crippen molar-refractivity contribution in [2.45, 2.75) is 462 Å². The molecular formula is C99H159AlO18. The number of carbonyl (C=O) groups excluding carboxylic acids is 3. The molecule has 0 unspecified atom stereocenters. The van der Waals surface area contributed by atoms with E-state index in [1.54, 1.807) is 18.2 Å². The van der Waals surface area contributed by atoms with Crippen LogP contribution in [-0.2, 0) is 67.3 Å². The molecule has 0 spiro atoms. The van der Waals surface area contributed by atoms with E-state index in [0.717, 1.165) is 265 Å². The van der Waals surface area contributed by atoms with Crippen LogP contribution in [0, 0.1) is 0 Å². The van der Waals surface area contributed by atoms with Crippen LogP contribution >= 0.6 is 0 Å². The fourth-order valence-corrected chi connectivity index (χ4v) is 16.1. The van der Waals surface area contributed by atoms with Crippen LogP contribution in [0.5, 0.6) is 0 Å². The van der Waals surface area contributed by atoms with Gasteiger partial charge in [-0.25, -0.2) is 0 Å². The maximum absolute atomic E-state index is 11.7. The molecule has 3 rings (SSSR count). The summed E-state index contributed by atoms with van der Waals surface area (Å²) in [7, 11) is 0. The molecule has 0 aliphatic rings. The van der Waals surface area contributed by atoms with Crippen molar-refractivity contribution < 1.29 is 89.1 Å². The topological polar surface area (TPSA) is 344 Å². The van der Waals surface area contributed by atoms with E-state index in [0.29, 0.717) is 36.0 Å². The second kappa shape index (κ2) is 80.2. The largest absolute Gasteiger partial charge is 3.00 e. The zero-order chi connectivity index (χ0) is 85.7. The van der Waals surface area contributed by atoms with E-state index in [9.17, 15) is 58.5 Å². The van der Waals surface area contributed by atoms with Gasteiger partial charge in [0.25, 0.3) is 0 Å². The van der Waals surface area contributed by atoms with Crippen LogP contribution in [0.15, 0.2) is 54.6 Å². The first-order valence-corrected chi connectivity index (χ1v) is 47.0. The van der Waals surface area contributed by atoms with Gasteiger partial charge in [0.15, 0.2) is 0 Å². The third-order valence-electron chi connectivity index (χ3n) is 22.9. The number of rotatable bonds is 81. The molecule has 0 bridgehead atoms. The Kier molecular flexibility index (Phi) is 75.7. The van der Waals surface area contributed by atoms with Crippen LogP contribution in [0.1, 0.15) is 488 Å². The van der Waals surface area contributed by atoms with Crippen molar-refractivity contribution in [2.75, 3.05) is 0 Å². The third kappa shape index (κ3) is 68.1. The molecule has 0 amide bonds. The number of aromatic carboxylic acids is 3. The fraction of sp³-hybridized carbons (Fsp3) is 0.727. The van der Waals surface area contributed by atoms with E-state index >= 15 is 0 Å². The Balaban J connectivity index is 0.00000173. The van der Waals surface area contributed by atoms with Crippen LogP contribution in [0.25, 0.3) is 0 Å². The van der Waals surface area contributed by atoms with Gasteiger partial charge in [-0.1, -0.05) is 363 Å². The quantitative estimate of drug-likeness (QED) is 0.0226. The molecular weight excluding hydrogens is 1500 g/mol. The van der Waals surface area contributed by atoms with E-state index in [1.807, 2.05) is 18.2 Å². The minimum atomic E-state index is -1.09. The second-order valence-electron chi connectivity index (χ2n) is 33.3. The zero-order valence-corrected chi connectivity index (χ0v) is 74.4. The monoisotopic (exact) mass is 1660 g/mol. The molecule has 3 aromatic rings. The molecule has 0 radical (unpaired) electrons. The van der Waals surface area contributed by atoms with Gasteiger partial charge in [-0.2, -0.15) is 0 Å². The molecule has 0 fully saturated rings. The first-order chi connectivity index (χ1) is 56.7. The molecule has 0 aromatic heterocycles. The maximum atomic E-state index is 11.7. The Hall–Kier alpha value is -6.58. The minimum Gasteiger partial charge on any atom is -0.545 e. The molecule has 6 N–H and O–H groups in total. The SMILES string of the molecule is O=C(O)CCCCCCCCCCCCCCCCCc1c(CCCCCCCC(=O)O)cccc1C(=O)[O-].O=C(O)CCCCCCCCCCCCCCCCCc1c(CCCCCCCC(=O)O)cccc1C(=O)[O-].O=C(O)CCCCCCCCCCCCCCCCCc1c(CCCCCCCC(=O)O)cccc1C(=O)[O-].[Al+3]. The third-order valence-corrected chi connectivity index (χ3v) is 22.9. The minimum absolute atomic E-state index is 0. The molecule has 19 heteroatoms. The van der Waals surface area contributed by atoms with Gasteiger partial charge >= 0.3 is 53.2 Å². The second-order valence-corrected chi connectivity index (χ2v) is 33.3. The molecule has 0 aliphatic carbocycles. The number of carbonyl (C=O) groups is 9. The van der Waals surface area contributed by atoms with E-state index < -0.39 is 53.7 Å². The molecule has 666 valence electrons. The standard InChI is InChI=1S/3C33H54O6.Al/c3*34-31(35)26-19-15-11-9-7-5-3-1-2-4-6-8-10-14-18-24-29-28(23-21-25-30(29)33(38)39)22-17-13-12-16-20-27-32(36)37;/h3*21,23,25H,1-20,22,24,26-27H2,(H,34,35)(H,36,37)(H,38,39);/q;;;+3/p-3. The average molecular weight is 1660 g/mol. The van der Waals surface area contributed by atoms with Crippen LogP contribution in [0.3, 0.4) is 0 Å². The number of aliphatic carboxylic acids is 6. The average Bonchev–Trinajstić information content (AvgIpc) is 0.850. The van der Waals surface area contributed by atoms with Gasteiger partial charge in [-0.05, 0) is 149 Å². The van der Waals surface area contributed by atoms with Crippen molar-refractivity contribution in [1.29, 1.82) is 0 Å². The number of benzene rings is 3. The van der Waals surface area contributed by atoms with Gasteiger partial charge in [0, 0.05) is 55.2 Å². The molecule has 0 saturated heterocycles. The van der Waals surface area contributed by atoms with Gasteiger partial charge < -0.3 is 60.3 Å². The van der Waals surface area contributed by atoms with Crippen molar-refractivity contribution >= 4 is 71.1 Å². The number of hydrogen-bond donors (Lipinski definition) is 6. The van der Waals surface area contributed by atoms with E-state index in [1.165, 1.54) is 193 Å². The summed E-state index contributed by atoms with van der Waals surface area (Å²) in [6, 6.07) is 16.6. The van der Waals surface area contributed by atoms with E-state index in [-0.39, 0.29) is 36.6 Å². The van der Waals surface area contributed by atoms with Crippen molar-refractivity contribution in [2.24, 2.45) is 0 Å². The Morgan fingerprint density at radius 3 is 0.424 bits per heavy atom. The molecule has 0 aliphatic heterocycles. The molecule has 0 heterocycles. The van der Waals surface area contributed by atoms with Crippen molar-refractivity contribution in [1.82, 2.24) is 0 Å². The van der Waals surface area contributed by atoms with Crippen LogP contribution < -0.4 is 15.3 Å². The van der Waals surface area contributed by atoms with Gasteiger partial charge in [-0.3, -0.25) is 28.8 Å². The summed E-state index contributed by atoms with van der Waals surface area (Å²) in [4.78, 5) is 98.3. The summed E-state index contributed by atoms with van der Waals surface area (Å²) in [5.74, 6) is -7.52. The normalized spacial score (nSPS) is 11.0. The Morgan fingerprint density at radius 2 is 0.297 bits per heavy atom. The Labute approximate surface area is 723 Å². The summed E-state index contributed by atoms with van der Waals surface area (Å²) in [6.07, 6.45) is 74.2. The first kappa shape index (κ1) is 111. The molecule has 118 heavy (non-hydrogen) atoms. The smallest absolute Gasteiger partial charge is 0.545 e. The van der Waals surface area contributed by atoms with Crippen molar-refractivity contribution in [3.63, 3.8) is 0 Å². The molecule has 0 saturated carbocycles. The van der Waals surface area contributed by atoms with Gasteiger partial charge in [0.05, 0.1) is 17.9 Å².